The van der Waals surface area contributed by atoms with Crippen LogP contribution in [0.25, 0.3) is 0 Å². The number of hydrazone groups is 1. The lowest BCUT2D eigenvalue weighted by atomic mass is 10.0. The molecule has 0 aliphatic rings. The second-order valence-electron chi connectivity index (χ2n) is 5.78. The lowest BCUT2D eigenvalue weighted by Gasteiger charge is -2.06. The van der Waals surface area contributed by atoms with Gasteiger partial charge in [0.25, 0.3) is 11.8 Å². The predicted molar refractivity (Wildman–Crippen MR) is 100 cm³/mol. The Labute approximate surface area is 152 Å². The third kappa shape index (κ3) is 5.72. The molecule has 2 rings (SSSR count). The molecule has 0 saturated heterocycles. The van der Waals surface area contributed by atoms with Gasteiger partial charge in [0.2, 0.25) is 0 Å². The lowest BCUT2D eigenvalue weighted by Crippen LogP contribution is -2.35. The third-order valence-corrected chi connectivity index (χ3v) is 3.86. The molecule has 2 aromatic rings. The largest absolute Gasteiger partial charge is 0.343 e. The number of carbonyl (C=O) groups excluding carboxylic acids is 2. The van der Waals surface area contributed by atoms with Crippen molar-refractivity contribution in [2.45, 2.75) is 19.8 Å². The zero-order valence-corrected chi connectivity index (χ0v) is 14.9. The van der Waals surface area contributed by atoms with Gasteiger partial charge in [-0.05, 0) is 29.2 Å². The summed E-state index contributed by atoms with van der Waals surface area (Å²) >= 11 is 5.93. The minimum absolute atomic E-state index is 0.187. The Bertz CT molecular complexity index is 770. The van der Waals surface area contributed by atoms with Crippen LogP contribution in [0.4, 0.5) is 0 Å². The van der Waals surface area contributed by atoms with Gasteiger partial charge in [0, 0.05) is 0 Å². The van der Waals surface area contributed by atoms with Crippen LogP contribution in [-0.4, -0.2) is 24.6 Å². The monoisotopic (exact) mass is 357 g/mol. The Hall–Kier alpha value is -2.66. The summed E-state index contributed by atoms with van der Waals surface area (Å²) in [6.07, 6.45) is 1.55. The average molecular weight is 358 g/mol. The van der Waals surface area contributed by atoms with Crippen LogP contribution >= 0.6 is 11.6 Å². The number of rotatable bonds is 6. The maximum atomic E-state index is 11.9. The SMILES string of the molecule is CC(C)c1ccc(C=NNC(=O)CNC(=O)c2ccccc2Cl)cc1. The number of benzene rings is 2. The molecule has 2 N–H and O–H groups in total. The van der Waals surface area contributed by atoms with Crippen molar-refractivity contribution in [3.63, 3.8) is 0 Å². The van der Waals surface area contributed by atoms with Gasteiger partial charge in [0.1, 0.15) is 0 Å². The van der Waals surface area contributed by atoms with E-state index in [1.807, 2.05) is 24.3 Å². The number of hydrogen-bond donors (Lipinski definition) is 2. The molecule has 6 heteroatoms. The second-order valence-corrected chi connectivity index (χ2v) is 6.18. The fourth-order valence-electron chi connectivity index (χ4n) is 2.09. The van der Waals surface area contributed by atoms with Gasteiger partial charge < -0.3 is 5.32 Å². The van der Waals surface area contributed by atoms with E-state index in [1.54, 1.807) is 30.5 Å². The summed E-state index contributed by atoms with van der Waals surface area (Å²) in [6, 6.07) is 14.6. The van der Waals surface area contributed by atoms with E-state index in [-0.39, 0.29) is 6.54 Å². The molecule has 0 heterocycles. The molecular weight excluding hydrogens is 338 g/mol. The molecule has 0 atom stereocenters. The summed E-state index contributed by atoms with van der Waals surface area (Å²) in [5, 5.41) is 6.72. The van der Waals surface area contributed by atoms with Crippen LogP contribution in [-0.2, 0) is 4.79 Å². The number of carbonyl (C=O) groups is 2. The Morgan fingerprint density at radius 1 is 1.12 bits per heavy atom. The van der Waals surface area contributed by atoms with E-state index in [0.29, 0.717) is 16.5 Å². The molecule has 130 valence electrons. The number of hydrogen-bond acceptors (Lipinski definition) is 3. The van der Waals surface area contributed by atoms with Crippen molar-refractivity contribution >= 4 is 29.6 Å². The third-order valence-electron chi connectivity index (χ3n) is 3.53. The summed E-state index contributed by atoms with van der Waals surface area (Å²) in [5.41, 5.74) is 4.82. The molecule has 25 heavy (non-hydrogen) atoms. The van der Waals surface area contributed by atoms with Crippen molar-refractivity contribution in [3.05, 3.63) is 70.2 Å². The minimum Gasteiger partial charge on any atom is -0.343 e. The lowest BCUT2D eigenvalue weighted by molar-refractivity contribution is -0.120. The topological polar surface area (TPSA) is 70.6 Å². The standard InChI is InChI=1S/C19H20ClN3O2/c1-13(2)15-9-7-14(8-10-15)11-22-23-18(24)12-21-19(25)16-5-3-4-6-17(16)20/h3-11,13H,12H2,1-2H3,(H,21,25)(H,23,24). The van der Waals surface area contributed by atoms with Crippen LogP contribution in [0.3, 0.4) is 0 Å². The van der Waals surface area contributed by atoms with Crippen LogP contribution in [0.2, 0.25) is 5.02 Å². The Morgan fingerprint density at radius 2 is 1.80 bits per heavy atom. The summed E-state index contributed by atoms with van der Waals surface area (Å²) in [5.74, 6) is -0.364. The van der Waals surface area contributed by atoms with E-state index in [2.05, 4.69) is 29.7 Å². The average Bonchev–Trinajstić information content (AvgIpc) is 2.60. The summed E-state index contributed by atoms with van der Waals surface area (Å²) in [6.45, 7) is 4.06. The predicted octanol–water partition coefficient (Wildman–Crippen LogP) is 3.34. The van der Waals surface area contributed by atoms with Crippen molar-refractivity contribution in [2.24, 2.45) is 5.10 Å². The Morgan fingerprint density at radius 3 is 2.44 bits per heavy atom. The first-order valence-electron chi connectivity index (χ1n) is 7.92. The van der Waals surface area contributed by atoms with Gasteiger partial charge >= 0.3 is 0 Å². The van der Waals surface area contributed by atoms with E-state index < -0.39 is 11.8 Å². The molecular formula is C19H20ClN3O2. The van der Waals surface area contributed by atoms with E-state index in [9.17, 15) is 9.59 Å². The molecule has 0 unspecified atom stereocenters. The van der Waals surface area contributed by atoms with Crippen LogP contribution < -0.4 is 10.7 Å². The van der Waals surface area contributed by atoms with Gasteiger partial charge in [-0.25, -0.2) is 5.43 Å². The molecule has 2 amide bonds. The van der Waals surface area contributed by atoms with E-state index in [4.69, 9.17) is 11.6 Å². The van der Waals surface area contributed by atoms with Crippen molar-refractivity contribution in [1.82, 2.24) is 10.7 Å². The second kappa shape index (κ2) is 8.99. The van der Waals surface area contributed by atoms with Crippen molar-refractivity contribution in [3.8, 4) is 0 Å². The molecule has 0 aliphatic carbocycles. The van der Waals surface area contributed by atoms with E-state index in [0.717, 1.165) is 5.56 Å². The molecule has 5 nitrogen and oxygen atoms in total. The molecule has 0 radical (unpaired) electrons. The highest BCUT2D eigenvalue weighted by Crippen LogP contribution is 2.14. The molecule has 0 saturated carbocycles. The highest BCUT2D eigenvalue weighted by Gasteiger charge is 2.10. The minimum atomic E-state index is -0.421. The first-order chi connectivity index (χ1) is 12.0. The van der Waals surface area contributed by atoms with E-state index in [1.165, 1.54) is 5.56 Å². The van der Waals surface area contributed by atoms with Gasteiger partial charge in [-0.3, -0.25) is 9.59 Å². The zero-order valence-electron chi connectivity index (χ0n) is 14.1. The van der Waals surface area contributed by atoms with Crippen LogP contribution in [0.1, 0.15) is 41.3 Å². The van der Waals surface area contributed by atoms with E-state index >= 15 is 0 Å². The fraction of sp³-hybridized carbons (Fsp3) is 0.211. The molecule has 0 spiro atoms. The first-order valence-corrected chi connectivity index (χ1v) is 8.29. The van der Waals surface area contributed by atoms with Gasteiger partial charge in [-0.1, -0.05) is 61.8 Å². The fourth-order valence-corrected chi connectivity index (χ4v) is 2.31. The van der Waals surface area contributed by atoms with Crippen molar-refractivity contribution in [1.29, 1.82) is 0 Å². The number of nitrogens with one attached hydrogen (secondary N) is 2. The van der Waals surface area contributed by atoms with Crippen molar-refractivity contribution in [2.75, 3.05) is 6.54 Å². The maximum absolute atomic E-state index is 11.9. The highest BCUT2D eigenvalue weighted by atomic mass is 35.5. The number of halogens is 1. The van der Waals surface area contributed by atoms with Crippen LogP contribution in [0.15, 0.2) is 53.6 Å². The van der Waals surface area contributed by atoms with Gasteiger partial charge in [0.05, 0.1) is 23.3 Å². The number of amides is 2. The zero-order chi connectivity index (χ0) is 18.2. The smallest absolute Gasteiger partial charge is 0.259 e. The molecule has 0 aliphatic heterocycles. The normalized spacial score (nSPS) is 10.9. The molecule has 2 aromatic carbocycles. The van der Waals surface area contributed by atoms with Gasteiger partial charge in [0.15, 0.2) is 0 Å². The number of nitrogens with zero attached hydrogens (tertiary/aromatic N) is 1. The Balaban J connectivity index is 1.80. The van der Waals surface area contributed by atoms with Crippen LogP contribution in [0.5, 0.6) is 0 Å². The van der Waals surface area contributed by atoms with Crippen LogP contribution in [0, 0.1) is 0 Å². The molecule has 0 aromatic heterocycles. The summed E-state index contributed by atoms with van der Waals surface area (Å²) in [4.78, 5) is 23.7. The summed E-state index contributed by atoms with van der Waals surface area (Å²) in [7, 11) is 0. The first kappa shape index (κ1) is 18.7. The quantitative estimate of drug-likeness (QED) is 0.614. The maximum Gasteiger partial charge on any atom is 0.259 e. The molecule has 0 fully saturated rings. The van der Waals surface area contributed by atoms with Gasteiger partial charge in [-0.15, -0.1) is 0 Å². The summed E-state index contributed by atoms with van der Waals surface area (Å²) < 4.78 is 0. The Kier molecular flexibility index (Phi) is 6.71. The highest BCUT2D eigenvalue weighted by molar-refractivity contribution is 6.33. The van der Waals surface area contributed by atoms with Gasteiger partial charge in [-0.2, -0.15) is 5.10 Å². The van der Waals surface area contributed by atoms with Crippen molar-refractivity contribution < 1.29 is 9.59 Å². The molecule has 0 bridgehead atoms.